The number of aromatic carboxylic acids is 1. The molecule has 0 bridgehead atoms. The van der Waals surface area contributed by atoms with Gasteiger partial charge in [-0.25, -0.2) is 4.79 Å². The molecule has 2 aromatic carbocycles. The second-order valence-electron chi connectivity index (χ2n) is 5.79. The number of phenols is 1. The van der Waals surface area contributed by atoms with E-state index in [1.54, 1.807) is 13.0 Å². The molecule has 0 aliphatic heterocycles. The zero-order valence-electron chi connectivity index (χ0n) is 14.9. The number of para-hydroxylation sites is 1. The van der Waals surface area contributed by atoms with Gasteiger partial charge in [-0.3, -0.25) is 0 Å². The number of carbonyl (C=O) groups is 2. The number of carbonyl (C=O) groups excluding carboxylic acids is 1. The fourth-order valence-electron chi connectivity index (χ4n) is 2.43. The molecule has 1 amide bonds. The van der Waals surface area contributed by atoms with Crippen LogP contribution in [0.25, 0.3) is 11.0 Å². The standard InChI is InChI=1S/C10H8O3.C8H10AsNO5/c1-6-7-4-2-3-5-8(7)13-9(6)10(11)12;1-5(11)10-6-2-3-7(8(12)4-6)9(13,14)15/h2-5H,1H3,(H,11,12);2-4,12H,1H3,(H,10,11)(H2,13,14,15). The van der Waals surface area contributed by atoms with Crippen molar-refractivity contribution in [1.82, 2.24) is 0 Å². The van der Waals surface area contributed by atoms with Crippen molar-refractivity contribution < 1.29 is 36.2 Å². The summed E-state index contributed by atoms with van der Waals surface area (Å²) >= 11 is -5.09. The second kappa shape index (κ2) is 8.35. The van der Waals surface area contributed by atoms with Gasteiger partial charge >= 0.3 is 94.1 Å². The molecule has 3 rings (SSSR count). The van der Waals surface area contributed by atoms with Crippen LogP contribution in [-0.2, 0) is 8.53 Å². The summed E-state index contributed by atoms with van der Waals surface area (Å²) in [6, 6.07) is 10.8. The van der Waals surface area contributed by atoms with E-state index in [1.165, 1.54) is 13.0 Å². The van der Waals surface area contributed by atoms with Gasteiger partial charge in [-0.1, -0.05) is 18.2 Å². The minimum absolute atomic E-state index is 0.0289. The topological polar surface area (TPSA) is 157 Å². The molecule has 0 saturated heterocycles. The van der Waals surface area contributed by atoms with Gasteiger partial charge in [0.15, 0.2) is 0 Å². The zero-order valence-corrected chi connectivity index (χ0v) is 16.8. The Hall–Kier alpha value is -3.00. The minimum atomic E-state index is -5.09. The predicted octanol–water partition coefficient (Wildman–Crippen LogP) is 1.35. The van der Waals surface area contributed by atoms with Gasteiger partial charge in [0.2, 0.25) is 5.76 Å². The van der Waals surface area contributed by atoms with Gasteiger partial charge < -0.3 is 9.52 Å². The van der Waals surface area contributed by atoms with Gasteiger partial charge in [-0.05, 0) is 13.0 Å². The van der Waals surface area contributed by atoms with Crippen LogP contribution in [0, 0.1) is 6.92 Å². The summed E-state index contributed by atoms with van der Waals surface area (Å²) < 4.78 is 33.4. The van der Waals surface area contributed by atoms with Gasteiger partial charge in [-0.15, -0.1) is 0 Å². The number of carboxylic acid groups (broad SMARTS) is 1. The van der Waals surface area contributed by atoms with Crippen molar-refractivity contribution in [2.75, 3.05) is 5.32 Å². The smallest absolute Gasteiger partial charge is 0.372 e. The SMILES string of the molecule is CC(=O)Nc1ccc([As](=O)(O)O)c(O)c1.Cc1c(C(=O)O)oc2ccccc12. The van der Waals surface area contributed by atoms with Crippen molar-refractivity contribution in [3.8, 4) is 5.75 Å². The Morgan fingerprint density at radius 3 is 2.25 bits per heavy atom. The molecule has 0 aliphatic carbocycles. The molecule has 5 N–H and O–H groups in total. The van der Waals surface area contributed by atoms with Gasteiger partial charge in [-0.2, -0.15) is 0 Å². The van der Waals surface area contributed by atoms with Crippen molar-refractivity contribution in [3.05, 3.63) is 53.8 Å². The van der Waals surface area contributed by atoms with Crippen molar-refractivity contribution in [2.45, 2.75) is 13.8 Å². The number of rotatable bonds is 3. The third-order valence-corrected chi connectivity index (χ3v) is 5.76. The summed E-state index contributed by atoms with van der Waals surface area (Å²) in [5.41, 5.74) is 1.59. The zero-order chi connectivity index (χ0) is 21.1. The molecule has 148 valence electrons. The maximum absolute atomic E-state index is 10.9. The molecule has 0 radical (unpaired) electrons. The van der Waals surface area contributed by atoms with Crippen LogP contribution in [0.3, 0.4) is 0 Å². The number of amides is 1. The van der Waals surface area contributed by atoms with E-state index in [9.17, 15) is 18.4 Å². The third kappa shape index (κ3) is 5.04. The number of phenolic OH excluding ortho intramolecular Hbond substituents is 1. The Kier molecular flexibility index (Phi) is 6.35. The quantitative estimate of drug-likeness (QED) is 0.374. The normalized spacial score (nSPS) is 10.9. The Morgan fingerprint density at radius 2 is 1.75 bits per heavy atom. The first kappa shape index (κ1) is 21.3. The molecule has 0 unspecified atom stereocenters. The number of nitrogens with one attached hydrogen (secondary N) is 1. The van der Waals surface area contributed by atoms with Gasteiger partial charge in [0.05, 0.1) is 0 Å². The van der Waals surface area contributed by atoms with Crippen molar-refractivity contribution in [1.29, 1.82) is 0 Å². The average molecular weight is 451 g/mol. The fourth-order valence-corrected chi connectivity index (χ4v) is 3.75. The molecule has 28 heavy (non-hydrogen) atoms. The number of hydrogen-bond acceptors (Lipinski definition) is 5. The third-order valence-electron chi connectivity index (χ3n) is 3.65. The summed E-state index contributed by atoms with van der Waals surface area (Å²) in [7, 11) is 0. The molecule has 1 heterocycles. The number of anilines is 1. The Bertz CT molecular complexity index is 1080. The number of aromatic hydroxyl groups is 1. The molecule has 1 aromatic heterocycles. The summed E-state index contributed by atoms with van der Waals surface area (Å²) in [5, 5.41) is 21.3. The number of benzene rings is 2. The van der Waals surface area contributed by atoms with E-state index in [4.69, 9.17) is 17.7 Å². The van der Waals surface area contributed by atoms with E-state index in [0.29, 0.717) is 11.1 Å². The van der Waals surface area contributed by atoms with E-state index in [0.717, 1.165) is 17.5 Å². The Balaban J connectivity index is 0.000000202. The van der Waals surface area contributed by atoms with Gasteiger partial charge in [0.25, 0.3) is 0 Å². The van der Waals surface area contributed by atoms with Crippen LogP contribution in [-0.4, -0.2) is 44.5 Å². The largest absolute Gasteiger partial charge is 0.475 e. The molecular weight excluding hydrogens is 433 g/mol. The van der Waals surface area contributed by atoms with E-state index >= 15 is 0 Å². The molecule has 0 saturated carbocycles. The number of fused-ring (bicyclic) bond motifs is 1. The second-order valence-corrected chi connectivity index (χ2v) is 9.08. The molecule has 0 spiro atoms. The molecule has 0 aliphatic rings. The Morgan fingerprint density at radius 1 is 1.11 bits per heavy atom. The summed E-state index contributed by atoms with van der Waals surface area (Å²) in [4.78, 5) is 21.4. The maximum Gasteiger partial charge on any atom is 0.372 e. The summed E-state index contributed by atoms with van der Waals surface area (Å²) in [6.45, 7) is 3.03. The maximum atomic E-state index is 10.9. The van der Waals surface area contributed by atoms with Gasteiger partial charge in [0.1, 0.15) is 5.58 Å². The van der Waals surface area contributed by atoms with Crippen LogP contribution >= 0.6 is 0 Å². The molecule has 0 atom stereocenters. The molecule has 9 nitrogen and oxygen atoms in total. The van der Waals surface area contributed by atoms with Crippen LogP contribution in [0.2, 0.25) is 0 Å². The first-order valence-electron chi connectivity index (χ1n) is 7.89. The van der Waals surface area contributed by atoms with E-state index in [-0.39, 0.29) is 17.4 Å². The fraction of sp³-hybridized carbons (Fsp3) is 0.111. The summed E-state index contributed by atoms with van der Waals surface area (Å²) in [6.07, 6.45) is 0. The number of hydrogen-bond donors (Lipinski definition) is 5. The minimum Gasteiger partial charge on any atom is -0.475 e. The van der Waals surface area contributed by atoms with E-state index < -0.39 is 30.2 Å². The first-order valence-corrected chi connectivity index (χ1v) is 11.3. The van der Waals surface area contributed by atoms with Crippen LogP contribution in [0.4, 0.5) is 5.69 Å². The molecule has 10 heteroatoms. The monoisotopic (exact) mass is 451 g/mol. The number of carboxylic acids is 1. The molecular formula is C18H18AsNO8. The molecule has 0 fully saturated rings. The van der Waals surface area contributed by atoms with E-state index in [1.807, 2.05) is 18.2 Å². The van der Waals surface area contributed by atoms with Crippen LogP contribution in [0.1, 0.15) is 23.0 Å². The van der Waals surface area contributed by atoms with E-state index in [2.05, 4.69) is 5.32 Å². The van der Waals surface area contributed by atoms with Crippen molar-refractivity contribution >= 4 is 47.1 Å². The van der Waals surface area contributed by atoms with Gasteiger partial charge in [0, 0.05) is 10.9 Å². The average Bonchev–Trinajstić information content (AvgIpc) is 2.91. The summed E-state index contributed by atoms with van der Waals surface area (Å²) in [5.74, 6) is -1.84. The molecule has 3 aromatic rings. The van der Waals surface area contributed by atoms with Crippen molar-refractivity contribution in [2.24, 2.45) is 0 Å². The Labute approximate surface area is 162 Å². The first-order chi connectivity index (χ1) is 13.0. The number of furan rings is 1. The van der Waals surface area contributed by atoms with Crippen molar-refractivity contribution in [3.63, 3.8) is 0 Å². The van der Waals surface area contributed by atoms with Crippen LogP contribution < -0.4 is 9.67 Å². The number of aryl methyl sites for hydroxylation is 1. The predicted molar refractivity (Wildman–Crippen MR) is 101 cm³/mol. The van der Waals surface area contributed by atoms with Crippen LogP contribution in [0.5, 0.6) is 5.75 Å². The van der Waals surface area contributed by atoms with Crippen LogP contribution in [0.15, 0.2) is 46.9 Å².